The van der Waals surface area contributed by atoms with E-state index >= 15 is 0 Å². The molecular formula is C4H5FN2O2. The molecule has 1 atom stereocenters. The van der Waals surface area contributed by atoms with Gasteiger partial charge < -0.3 is 5.32 Å². The van der Waals surface area contributed by atoms with E-state index in [4.69, 9.17) is 0 Å². The maximum absolute atomic E-state index is 11.6. The second kappa shape index (κ2) is 2.00. The molecule has 4 nitrogen and oxygen atoms in total. The van der Waals surface area contributed by atoms with Crippen molar-refractivity contribution in [1.29, 1.82) is 0 Å². The molecular weight excluding hydrogens is 127 g/mol. The van der Waals surface area contributed by atoms with Crippen molar-refractivity contribution in [2.24, 2.45) is 0 Å². The van der Waals surface area contributed by atoms with Gasteiger partial charge in [-0.25, -0.2) is 9.18 Å². The Morgan fingerprint density at radius 2 is 2.22 bits per heavy atom. The van der Waals surface area contributed by atoms with E-state index in [1.54, 1.807) is 0 Å². The van der Waals surface area contributed by atoms with Gasteiger partial charge in [-0.15, -0.1) is 0 Å². The van der Waals surface area contributed by atoms with E-state index in [1.807, 2.05) is 5.32 Å². The van der Waals surface area contributed by atoms with Crippen LogP contribution < -0.4 is 10.6 Å². The van der Waals surface area contributed by atoms with Crippen LogP contribution in [-0.2, 0) is 4.79 Å². The first-order chi connectivity index (χ1) is 4.24. The van der Waals surface area contributed by atoms with Crippen molar-refractivity contribution in [1.82, 2.24) is 10.6 Å². The molecule has 1 fully saturated rings. The van der Waals surface area contributed by atoms with Gasteiger partial charge in [0.1, 0.15) is 12.7 Å². The Kier molecular flexibility index (Phi) is 1.33. The molecule has 0 aromatic rings. The molecule has 2 N–H and O–H groups in total. The zero-order chi connectivity index (χ0) is 6.85. The summed E-state index contributed by atoms with van der Waals surface area (Å²) < 4.78 is 11.6. The summed E-state index contributed by atoms with van der Waals surface area (Å²) in [6.07, 6.45) is 0. The van der Waals surface area contributed by atoms with Crippen molar-refractivity contribution >= 4 is 11.9 Å². The number of halogens is 1. The molecule has 1 saturated heterocycles. The van der Waals surface area contributed by atoms with E-state index < -0.39 is 24.7 Å². The summed E-state index contributed by atoms with van der Waals surface area (Å²) in [4.78, 5) is 20.6. The monoisotopic (exact) mass is 132 g/mol. The maximum atomic E-state index is 11.6. The van der Waals surface area contributed by atoms with E-state index in [2.05, 4.69) is 5.32 Å². The number of alkyl halides is 1. The van der Waals surface area contributed by atoms with Crippen LogP contribution in [0.5, 0.6) is 0 Å². The molecule has 0 aromatic carbocycles. The van der Waals surface area contributed by atoms with Crippen LogP contribution in [0, 0.1) is 0 Å². The Morgan fingerprint density at radius 3 is 2.44 bits per heavy atom. The van der Waals surface area contributed by atoms with E-state index in [-0.39, 0.29) is 0 Å². The highest BCUT2D eigenvalue weighted by molar-refractivity contribution is 6.04. The van der Waals surface area contributed by atoms with Crippen LogP contribution >= 0.6 is 0 Å². The number of imide groups is 1. The second-order valence-corrected chi connectivity index (χ2v) is 1.67. The van der Waals surface area contributed by atoms with Crippen molar-refractivity contribution in [3.8, 4) is 0 Å². The van der Waals surface area contributed by atoms with Crippen LogP contribution in [0.25, 0.3) is 0 Å². The van der Waals surface area contributed by atoms with Gasteiger partial charge in [0.15, 0.2) is 0 Å². The normalized spacial score (nSPS) is 25.7. The number of nitrogens with one attached hydrogen (secondary N) is 2. The standard InChI is InChI=1S/C4H5FN2O2/c5-1-2-3(8)7-4(9)6-2/h2H,1H2,(H2,6,7,8,9). The first-order valence-electron chi connectivity index (χ1n) is 2.41. The number of rotatable bonds is 1. The topological polar surface area (TPSA) is 58.2 Å². The molecule has 1 rings (SSSR count). The minimum absolute atomic E-state index is 0.595. The molecule has 1 heterocycles. The molecule has 50 valence electrons. The lowest BCUT2D eigenvalue weighted by atomic mass is 10.3. The van der Waals surface area contributed by atoms with Gasteiger partial charge in [0.2, 0.25) is 0 Å². The molecule has 3 amide bonds. The fourth-order valence-corrected chi connectivity index (χ4v) is 0.568. The van der Waals surface area contributed by atoms with Crippen LogP contribution in [-0.4, -0.2) is 24.7 Å². The van der Waals surface area contributed by atoms with Crippen molar-refractivity contribution < 1.29 is 14.0 Å². The van der Waals surface area contributed by atoms with Crippen LogP contribution in [0.3, 0.4) is 0 Å². The van der Waals surface area contributed by atoms with E-state index in [1.165, 1.54) is 0 Å². The summed E-state index contributed by atoms with van der Waals surface area (Å²) in [7, 11) is 0. The minimum Gasteiger partial charge on any atom is -0.323 e. The van der Waals surface area contributed by atoms with Crippen LogP contribution in [0.4, 0.5) is 9.18 Å². The second-order valence-electron chi connectivity index (χ2n) is 1.67. The molecule has 0 bridgehead atoms. The molecule has 1 aliphatic rings. The average Bonchev–Trinajstić information content (AvgIpc) is 2.10. The predicted octanol–water partition coefficient (Wildman–Crippen LogP) is -0.836. The molecule has 9 heavy (non-hydrogen) atoms. The lowest BCUT2D eigenvalue weighted by Crippen LogP contribution is -2.30. The minimum atomic E-state index is -0.975. The largest absolute Gasteiger partial charge is 0.323 e. The summed E-state index contributed by atoms with van der Waals surface area (Å²) in [6, 6.07) is -1.60. The summed E-state index contributed by atoms with van der Waals surface area (Å²) in [5.74, 6) is -0.595. The van der Waals surface area contributed by atoms with Crippen LogP contribution in [0.1, 0.15) is 0 Å². The Balaban J connectivity index is 2.58. The molecule has 0 aromatic heterocycles. The fraction of sp³-hybridized carbons (Fsp3) is 0.500. The highest BCUT2D eigenvalue weighted by Crippen LogP contribution is 1.91. The van der Waals surface area contributed by atoms with Gasteiger partial charge in [0, 0.05) is 0 Å². The summed E-state index contributed by atoms with van der Waals surface area (Å²) >= 11 is 0. The van der Waals surface area contributed by atoms with E-state index in [0.717, 1.165) is 0 Å². The first kappa shape index (κ1) is 6.00. The molecule has 0 saturated carbocycles. The van der Waals surface area contributed by atoms with E-state index in [9.17, 15) is 14.0 Å². The molecule has 0 aliphatic carbocycles. The van der Waals surface area contributed by atoms with Crippen LogP contribution in [0.2, 0.25) is 0 Å². The van der Waals surface area contributed by atoms with Gasteiger partial charge in [-0.1, -0.05) is 0 Å². The SMILES string of the molecule is O=C1NC(=O)C(CF)N1. The summed E-state index contributed by atoms with van der Waals surface area (Å²) in [5, 5.41) is 3.97. The average molecular weight is 132 g/mol. The van der Waals surface area contributed by atoms with E-state index in [0.29, 0.717) is 0 Å². The molecule has 5 heteroatoms. The number of carbonyl (C=O) groups excluding carboxylic acids is 2. The van der Waals surface area contributed by atoms with Gasteiger partial charge in [-0.2, -0.15) is 0 Å². The van der Waals surface area contributed by atoms with Gasteiger partial charge in [-0.05, 0) is 0 Å². The number of carbonyl (C=O) groups is 2. The number of urea groups is 1. The predicted molar refractivity (Wildman–Crippen MR) is 26.4 cm³/mol. The zero-order valence-corrected chi connectivity index (χ0v) is 4.48. The summed E-state index contributed by atoms with van der Waals surface area (Å²) in [6.45, 7) is -0.850. The Morgan fingerprint density at radius 1 is 1.56 bits per heavy atom. The van der Waals surface area contributed by atoms with Crippen molar-refractivity contribution in [3.05, 3.63) is 0 Å². The van der Waals surface area contributed by atoms with Crippen LogP contribution in [0.15, 0.2) is 0 Å². The van der Waals surface area contributed by atoms with Crippen molar-refractivity contribution in [2.75, 3.05) is 6.67 Å². The Bertz CT molecular complexity index is 159. The lowest BCUT2D eigenvalue weighted by molar-refractivity contribution is -0.120. The van der Waals surface area contributed by atoms with Gasteiger partial charge in [0.05, 0.1) is 0 Å². The molecule has 1 aliphatic heterocycles. The van der Waals surface area contributed by atoms with Gasteiger partial charge in [0.25, 0.3) is 5.91 Å². The molecule has 1 unspecified atom stereocenters. The third kappa shape index (κ3) is 0.984. The Hall–Kier alpha value is -1.13. The third-order valence-electron chi connectivity index (χ3n) is 1.01. The quantitative estimate of drug-likeness (QED) is 0.457. The first-order valence-corrected chi connectivity index (χ1v) is 2.41. The lowest BCUT2D eigenvalue weighted by Gasteiger charge is -1.95. The third-order valence-corrected chi connectivity index (χ3v) is 1.01. The molecule has 0 spiro atoms. The fourth-order valence-electron chi connectivity index (χ4n) is 0.568. The number of amides is 3. The molecule has 0 radical (unpaired) electrons. The van der Waals surface area contributed by atoms with Gasteiger partial charge in [-0.3, -0.25) is 10.1 Å². The van der Waals surface area contributed by atoms with Crippen molar-refractivity contribution in [3.63, 3.8) is 0 Å². The number of hydrogen-bond acceptors (Lipinski definition) is 2. The van der Waals surface area contributed by atoms with Gasteiger partial charge >= 0.3 is 6.03 Å². The number of hydrogen-bond donors (Lipinski definition) is 2. The zero-order valence-electron chi connectivity index (χ0n) is 4.48. The summed E-state index contributed by atoms with van der Waals surface area (Å²) in [5.41, 5.74) is 0. The highest BCUT2D eigenvalue weighted by Gasteiger charge is 2.28. The maximum Gasteiger partial charge on any atom is 0.322 e. The van der Waals surface area contributed by atoms with Crippen molar-refractivity contribution in [2.45, 2.75) is 6.04 Å². The Labute approximate surface area is 50.4 Å². The highest BCUT2D eigenvalue weighted by atomic mass is 19.1. The smallest absolute Gasteiger partial charge is 0.322 e.